The molecule has 0 radical (unpaired) electrons. The Morgan fingerprint density at radius 2 is 1.31 bits per heavy atom. The topological polar surface area (TPSA) is 375 Å². The molecule has 2 aromatic rings. The lowest BCUT2D eigenvalue weighted by molar-refractivity contribution is -0.123. The number of hydrogen-bond donors (Lipinski definition) is 8. The number of azide groups is 1. The number of aromatic nitrogens is 5. The lowest BCUT2D eigenvalue weighted by atomic mass is 10.2. The zero-order chi connectivity index (χ0) is 54.7. The molecule has 2 aromatic heterocycles. The fraction of sp³-hybridized carbons (Fsp3) is 0.535. The molecule has 2 rings (SSSR count). The number of amides is 6. The maximum absolute atomic E-state index is 11.4. The molecule has 0 bridgehead atoms. The quantitative estimate of drug-likeness (QED) is 0.00889. The van der Waals surface area contributed by atoms with Gasteiger partial charge in [-0.3, -0.25) is 39.6 Å². The second-order valence-corrected chi connectivity index (χ2v) is 15.3. The van der Waals surface area contributed by atoms with Crippen LogP contribution >= 0.6 is 15.9 Å². The highest BCUT2D eigenvalue weighted by Crippen LogP contribution is 2.07. The second-order valence-electron chi connectivity index (χ2n) is 14.8. The molecule has 0 saturated carbocycles. The second kappa shape index (κ2) is 47.2. The molecule has 0 saturated heterocycles. The van der Waals surface area contributed by atoms with Crippen LogP contribution < -0.4 is 43.1 Å². The van der Waals surface area contributed by atoms with Gasteiger partial charge in [-0.2, -0.15) is 0 Å². The van der Waals surface area contributed by atoms with Crippen molar-refractivity contribution in [3.05, 3.63) is 80.0 Å². The first kappa shape index (κ1) is 68.7. The molecular weight excluding hydrogens is 1020 g/mol. The standard InChI is InChI=1S/C18H30N6O6.C11H22N4O4.C7H8N2O2.C4H4N2O2.C3H3Br/c1-18(2,3)30-17(27)20-6-8-28-10-11-29-9-7-24-13-15(22-23-24)12-19-5-4-16(26)21-14-25;1-11(2,3)19-10(16)13-4-6-17-8-9-18-7-5-14-15-12;1-2-4-8-5-3-7(11)9-6-10;7-3-1-2-5-4(8)6-3;1-2-3-4/h4-5,13-14,19H,6-12H2,1-3H3,(H,20,27)(H,21,25,26);4-9H2,1-3H3,(H,13,16);1,3,5-6,8H,4H2,(H,9,10,11);1-2H,(H2,5,6,7,8);1H,3H2/b5-4-;;5-3-;;. The van der Waals surface area contributed by atoms with Crippen LogP contribution in [0, 0.1) is 24.7 Å². The summed E-state index contributed by atoms with van der Waals surface area (Å²) in [7, 11) is 0. The van der Waals surface area contributed by atoms with E-state index in [0.717, 1.165) is 0 Å². The Kier molecular flexibility index (Phi) is 45.0. The lowest BCUT2D eigenvalue weighted by Gasteiger charge is -2.19. The number of hydrogen-bond acceptors (Lipinski definition) is 19. The molecular formula is C43H67BrN14O14. The Labute approximate surface area is 425 Å². The van der Waals surface area contributed by atoms with Crippen LogP contribution in [0.3, 0.4) is 0 Å². The van der Waals surface area contributed by atoms with E-state index in [4.69, 9.17) is 46.8 Å². The van der Waals surface area contributed by atoms with Crippen LogP contribution in [0.5, 0.6) is 0 Å². The molecule has 8 N–H and O–H groups in total. The van der Waals surface area contributed by atoms with Gasteiger partial charge in [0, 0.05) is 61.4 Å². The van der Waals surface area contributed by atoms with Gasteiger partial charge in [0.15, 0.2) is 0 Å². The fourth-order valence-electron chi connectivity index (χ4n) is 3.71. The molecule has 400 valence electrons. The lowest BCUT2D eigenvalue weighted by Crippen LogP contribution is -2.34. The van der Waals surface area contributed by atoms with E-state index < -0.39 is 40.9 Å². The number of alkyl carbamates (subject to hydrolysis) is 2. The summed E-state index contributed by atoms with van der Waals surface area (Å²) in [5.41, 5.74) is 6.83. The third kappa shape index (κ3) is 55.1. The number of aromatic amines is 2. The Hall–Kier alpha value is -7.53. The van der Waals surface area contributed by atoms with Crippen molar-refractivity contribution in [3.8, 4) is 24.7 Å². The number of nitrogens with zero attached hydrogens (tertiary/aromatic N) is 6. The minimum absolute atomic E-state index is 0.313. The molecule has 0 aromatic carbocycles. The summed E-state index contributed by atoms with van der Waals surface area (Å²) in [4.78, 5) is 91.2. The number of nitrogens with one attached hydrogen (secondary N) is 8. The Balaban J connectivity index is -0.000000957. The van der Waals surface area contributed by atoms with Crippen molar-refractivity contribution >= 4 is 52.8 Å². The maximum atomic E-state index is 11.4. The van der Waals surface area contributed by atoms with E-state index in [0.29, 0.717) is 116 Å². The summed E-state index contributed by atoms with van der Waals surface area (Å²) in [6.07, 6.45) is 17.6. The van der Waals surface area contributed by atoms with Gasteiger partial charge in [-0.1, -0.05) is 38.1 Å². The van der Waals surface area contributed by atoms with Crippen LogP contribution in [0.25, 0.3) is 10.4 Å². The van der Waals surface area contributed by atoms with Gasteiger partial charge >= 0.3 is 17.9 Å². The minimum atomic E-state index is -0.521. The Morgan fingerprint density at radius 3 is 1.74 bits per heavy atom. The van der Waals surface area contributed by atoms with Gasteiger partial charge in [0.25, 0.3) is 17.4 Å². The zero-order valence-electron chi connectivity index (χ0n) is 41.2. The molecule has 0 spiro atoms. The first-order valence-corrected chi connectivity index (χ1v) is 22.5. The SMILES string of the molecule is C#CCBr.C#CCN/C=C\C(=O)NC=O.CC(C)(C)OC(=O)NCCOCCOCCN=[N+]=[N-].CC(C)(C)OC(=O)NCCOCCOCCn1cc(CN/C=C\C(=O)NC=O)nn1.O=c1cc[nH]c(=O)[nH]1. The van der Waals surface area contributed by atoms with Crippen LogP contribution in [0.4, 0.5) is 9.59 Å². The van der Waals surface area contributed by atoms with Crippen molar-refractivity contribution in [2.24, 2.45) is 5.11 Å². The molecule has 2 heterocycles. The molecule has 6 amide bonds. The predicted octanol–water partition coefficient (Wildman–Crippen LogP) is 0.640. The highest BCUT2D eigenvalue weighted by atomic mass is 79.9. The molecule has 0 aliphatic rings. The number of carbonyl (C=O) groups excluding carboxylic acids is 6. The number of carbonyl (C=O) groups is 6. The zero-order valence-corrected chi connectivity index (χ0v) is 42.8. The molecule has 0 aliphatic carbocycles. The van der Waals surface area contributed by atoms with Crippen LogP contribution in [-0.4, -0.2) is 157 Å². The number of rotatable bonds is 27. The van der Waals surface area contributed by atoms with E-state index in [1.807, 2.05) is 15.6 Å². The molecule has 29 heteroatoms. The monoisotopic (exact) mass is 1080 g/mol. The largest absolute Gasteiger partial charge is 0.444 e. The summed E-state index contributed by atoms with van der Waals surface area (Å²) < 4.78 is 33.0. The molecule has 0 aliphatic heterocycles. The van der Waals surface area contributed by atoms with Crippen LogP contribution in [-0.2, 0) is 60.7 Å². The van der Waals surface area contributed by atoms with Crippen LogP contribution in [0.2, 0.25) is 0 Å². The average molecular weight is 1080 g/mol. The van der Waals surface area contributed by atoms with Gasteiger partial charge in [0.1, 0.15) is 16.9 Å². The van der Waals surface area contributed by atoms with Crippen molar-refractivity contribution in [1.29, 1.82) is 0 Å². The van der Waals surface area contributed by atoms with Gasteiger partial charge in [-0.05, 0) is 47.1 Å². The van der Waals surface area contributed by atoms with Crippen molar-refractivity contribution in [3.63, 3.8) is 0 Å². The normalized spacial score (nSPS) is 10.1. The van der Waals surface area contributed by atoms with Gasteiger partial charge in [-0.25, -0.2) is 19.1 Å². The van der Waals surface area contributed by atoms with E-state index >= 15 is 0 Å². The molecule has 0 unspecified atom stereocenters. The number of alkyl halides is 1. The summed E-state index contributed by atoms with van der Waals surface area (Å²) in [6, 6.07) is 1.24. The van der Waals surface area contributed by atoms with Gasteiger partial charge in [-0.15, -0.1) is 17.9 Å². The molecule has 0 atom stereocenters. The molecule has 28 nitrogen and oxygen atoms in total. The van der Waals surface area contributed by atoms with Gasteiger partial charge in [0.2, 0.25) is 12.8 Å². The van der Waals surface area contributed by atoms with E-state index in [9.17, 15) is 38.4 Å². The van der Waals surface area contributed by atoms with Crippen molar-refractivity contribution in [2.45, 2.75) is 65.8 Å². The van der Waals surface area contributed by atoms with Crippen LogP contribution in [0.1, 0.15) is 47.2 Å². The fourth-order valence-corrected chi connectivity index (χ4v) is 3.71. The number of terminal acetylenes is 2. The van der Waals surface area contributed by atoms with Crippen molar-refractivity contribution in [2.75, 3.05) is 84.4 Å². The Bertz CT molecular complexity index is 2090. The first-order valence-electron chi connectivity index (χ1n) is 21.4. The summed E-state index contributed by atoms with van der Waals surface area (Å²) in [5.74, 6) is 3.66. The Morgan fingerprint density at radius 1 is 0.806 bits per heavy atom. The summed E-state index contributed by atoms with van der Waals surface area (Å²) >= 11 is 3.01. The third-order valence-corrected chi connectivity index (χ3v) is 6.70. The van der Waals surface area contributed by atoms with E-state index in [2.05, 4.69) is 74.4 Å². The summed E-state index contributed by atoms with van der Waals surface area (Å²) in [6.45, 7) is 16.4. The number of ether oxygens (including phenoxy) is 6. The van der Waals surface area contributed by atoms with E-state index in [1.54, 1.807) is 52.4 Å². The maximum Gasteiger partial charge on any atom is 0.407 e. The average Bonchev–Trinajstić information content (AvgIpc) is 3.76. The first-order chi connectivity index (χ1) is 34.3. The number of imide groups is 2. The highest BCUT2D eigenvalue weighted by molar-refractivity contribution is 9.09. The number of H-pyrrole nitrogens is 2. The third-order valence-electron chi connectivity index (χ3n) is 6.38. The smallest absolute Gasteiger partial charge is 0.407 e. The van der Waals surface area contributed by atoms with E-state index in [1.165, 1.54) is 36.8 Å². The summed E-state index contributed by atoms with van der Waals surface area (Å²) in [5, 5.41) is 26.5. The minimum Gasteiger partial charge on any atom is -0.444 e. The van der Waals surface area contributed by atoms with Crippen molar-refractivity contribution in [1.82, 2.24) is 56.9 Å². The van der Waals surface area contributed by atoms with Crippen molar-refractivity contribution < 1.29 is 57.2 Å². The number of halogens is 1. The molecule has 72 heavy (non-hydrogen) atoms. The predicted molar refractivity (Wildman–Crippen MR) is 266 cm³/mol. The van der Waals surface area contributed by atoms with E-state index in [-0.39, 0.29) is 5.56 Å². The highest BCUT2D eigenvalue weighted by Gasteiger charge is 2.16. The van der Waals surface area contributed by atoms with Gasteiger partial charge < -0.3 is 54.7 Å². The molecule has 0 fully saturated rings. The van der Waals surface area contributed by atoms with Crippen LogP contribution in [0.15, 0.2) is 57.7 Å². The van der Waals surface area contributed by atoms with Gasteiger partial charge in [0.05, 0.1) is 84.0 Å².